The zero-order chi connectivity index (χ0) is 14.8. The average Bonchev–Trinajstić information content (AvgIpc) is 2.43. The average molecular weight is 314 g/mol. The molecule has 3 nitrogen and oxygen atoms in total. The van der Waals surface area contributed by atoms with E-state index >= 15 is 0 Å². The van der Waals surface area contributed by atoms with Crippen molar-refractivity contribution in [3.63, 3.8) is 0 Å². The van der Waals surface area contributed by atoms with Crippen LogP contribution in [0.3, 0.4) is 0 Å². The zero-order valence-electron chi connectivity index (χ0n) is 11.6. The molecule has 0 bridgehead atoms. The minimum Gasteiger partial charge on any atom is -0.396 e. The third-order valence-corrected chi connectivity index (χ3v) is 4.04. The first-order valence-electron chi connectivity index (χ1n) is 6.54. The second-order valence-corrected chi connectivity index (χ2v) is 5.92. The molecule has 0 heterocycles. The van der Waals surface area contributed by atoms with Gasteiger partial charge < -0.3 is 10.4 Å². The number of hydrogen-bond donors (Lipinski definition) is 2. The Hall–Kier alpha value is -0.970. The van der Waals surface area contributed by atoms with Crippen molar-refractivity contribution < 1.29 is 9.90 Å². The first kappa shape index (κ1) is 17.1. The van der Waals surface area contributed by atoms with Crippen molar-refractivity contribution in [2.75, 3.05) is 24.7 Å². The number of benzene rings is 1. The lowest BCUT2D eigenvalue weighted by atomic mass is 10.1. The first-order chi connectivity index (χ1) is 9.65. The molecule has 0 aromatic heterocycles. The fraction of sp³-hybridized carbons (Fsp3) is 0.400. The third kappa shape index (κ3) is 6.46. The van der Waals surface area contributed by atoms with Gasteiger partial charge in [-0.1, -0.05) is 29.8 Å². The molecule has 0 radical (unpaired) electrons. The number of nitrogens with one attached hydrogen (secondary N) is 1. The van der Waals surface area contributed by atoms with Crippen molar-refractivity contribution in [2.24, 2.45) is 0 Å². The van der Waals surface area contributed by atoms with Gasteiger partial charge in [-0.05, 0) is 36.3 Å². The molecule has 0 aliphatic carbocycles. The Bertz CT molecular complexity index is 463. The van der Waals surface area contributed by atoms with Gasteiger partial charge in [-0.15, -0.1) is 0 Å². The van der Waals surface area contributed by atoms with Crippen molar-refractivity contribution >= 4 is 34.8 Å². The molecule has 20 heavy (non-hydrogen) atoms. The van der Waals surface area contributed by atoms with Crippen LogP contribution in [0.1, 0.15) is 18.9 Å². The van der Waals surface area contributed by atoms with E-state index in [0.717, 1.165) is 29.1 Å². The van der Waals surface area contributed by atoms with Gasteiger partial charge in [0.2, 0.25) is 5.91 Å². The van der Waals surface area contributed by atoms with Gasteiger partial charge in [-0.3, -0.25) is 4.79 Å². The molecular weight excluding hydrogens is 294 g/mol. The number of halogens is 1. The summed E-state index contributed by atoms with van der Waals surface area (Å²) in [6.45, 7) is 2.72. The number of aliphatic hydroxyl groups excluding tert-OH is 1. The van der Waals surface area contributed by atoms with Crippen LogP contribution in [0.4, 0.5) is 0 Å². The van der Waals surface area contributed by atoms with Gasteiger partial charge in [-0.2, -0.15) is 11.8 Å². The van der Waals surface area contributed by atoms with Crippen LogP contribution in [0.2, 0.25) is 5.02 Å². The second kappa shape index (κ2) is 9.86. The van der Waals surface area contributed by atoms with E-state index < -0.39 is 0 Å². The summed E-state index contributed by atoms with van der Waals surface area (Å²) in [6.07, 6.45) is 2.36. The Kier molecular flexibility index (Phi) is 8.42. The number of carbonyl (C=O) groups is 1. The normalized spacial score (nSPS) is 11.4. The molecule has 0 fully saturated rings. The van der Waals surface area contributed by atoms with Crippen LogP contribution < -0.4 is 5.32 Å². The molecule has 0 saturated carbocycles. The standard InChI is InChI=1S/C15H20ClNO2S/c1-12(13-5-2-3-6-14(13)16)11-15(19)17-7-10-20-9-4-8-18/h2-3,5-6,11,18H,4,7-10H2,1H3,(H,17,19)/b12-11-. The summed E-state index contributed by atoms with van der Waals surface area (Å²) in [5, 5.41) is 12.1. The Balaban J connectivity index is 2.37. The predicted octanol–water partition coefficient (Wildman–Crippen LogP) is 2.98. The summed E-state index contributed by atoms with van der Waals surface area (Å²) in [4.78, 5) is 11.7. The van der Waals surface area contributed by atoms with E-state index in [1.54, 1.807) is 17.8 Å². The molecule has 1 amide bonds. The van der Waals surface area contributed by atoms with Gasteiger partial charge in [0.1, 0.15) is 0 Å². The minimum atomic E-state index is -0.106. The third-order valence-electron chi connectivity index (χ3n) is 2.64. The quantitative estimate of drug-likeness (QED) is 0.573. The lowest BCUT2D eigenvalue weighted by Gasteiger charge is -2.05. The Morgan fingerprint density at radius 3 is 2.85 bits per heavy atom. The maximum Gasteiger partial charge on any atom is 0.244 e. The van der Waals surface area contributed by atoms with Gasteiger partial charge in [-0.25, -0.2) is 0 Å². The van der Waals surface area contributed by atoms with Gasteiger partial charge >= 0.3 is 0 Å². The van der Waals surface area contributed by atoms with E-state index in [9.17, 15) is 4.79 Å². The molecule has 1 aromatic carbocycles. The van der Waals surface area contributed by atoms with Crippen molar-refractivity contribution in [2.45, 2.75) is 13.3 Å². The maximum atomic E-state index is 11.7. The molecule has 0 unspecified atom stereocenters. The lowest BCUT2D eigenvalue weighted by molar-refractivity contribution is -0.116. The van der Waals surface area contributed by atoms with Gasteiger partial charge in [0.15, 0.2) is 0 Å². The summed E-state index contributed by atoms with van der Waals surface area (Å²) in [5.74, 6) is 1.66. The number of hydrogen-bond acceptors (Lipinski definition) is 3. The van der Waals surface area contributed by atoms with Crippen LogP contribution in [0.25, 0.3) is 5.57 Å². The van der Waals surface area contributed by atoms with E-state index in [1.807, 2.05) is 31.2 Å². The fourth-order valence-corrected chi connectivity index (χ4v) is 2.69. The van der Waals surface area contributed by atoms with Crippen LogP contribution in [-0.4, -0.2) is 35.7 Å². The summed E-state index contributed by atoms with van der Waals surface area (Å²) in [5.41, 5.74) is 1.72. The number of rotatable bonds is 8. The number of aliphatic hydroxyl groups is 1. The molecule has 1 aromatic rings. The first-order valence-corrected chi connectivity index (χ1v) is 8.08. The zero-order valence-corrected chi connectivity index (χ0v) is 13.1. The minimum absolute atomic E-state index is 0.106. The monoisotopic (exact) mass is 313 g/mol. The topological polar surface area (TPSA) is 49.3 Å². The van der Waals surface area contributed by atoms with Crippen molar-refractivity contribution in [3.8, 4) is 0 Å². The van der Waals surface area contributed by atoms with Crippen molar-refractivity contribution in [3.05, 3.63) is 40.9 Å². The van der Waals surface area contributed by atoms with Crippen LogP contribution in [0, 0.1) is 0 Å². The summed E-state index contributed by atoms with van der Waals surface area (Å²) < 4.78 is 0. The smallest absolute Gasteiger partial charge is 0.244 e. The lowest BCUT2D eigenvalue weighted by Crippen LogP contribution is -2.24. The SMILES string of the molecule is C/C(=C/C(=O)NCCSCCCO)c1ccccc1Cl. The van der Waals surface area contributed by atoms with Crippen molar-refractivity contribution in [1.29, 1.82) is 0 Å². The molecule has 0 aliphatic heterocycles. The highest BCUT2D eigenvalue weighted by atomic mass is 35.5. The molecule has 5 heteroatoms. The highest BCUT2D eigenvalue weighted by Crippen LogP contribution is 2.22. The van der Waals surface area contributed by atoms with Crippen LogP contribution >= 0.6 is 23.4 Å². The highest BCUT2D eigenvalue weighted by Gasteiger charge is 2.03. The molecule has 0 saturated heterocycles. The van der Waals surface area contributed by atoms with Crippen LogP contribution in [0.15, 0.2) is 30.3 Å². The van der Waals surface area contributed by atoms with Gasteiger partial charge in [0, 0.05) is 30.0 Å². The Morgan fingerprint density at radius 1 is 1.40 bits per heavy atom. The van der Waals surface area contributed by atoms with Gasteiger partial charge in [0.05, 0.1) is 0 Å². The Morgan fingerprint density at radius 2 is 2.15 bits per heavy atom. The molecule has 1 rings (SSSR count). The fourth-order valence-electron chi connectivity index (χ4n) is 1.62. The molecule has 0 atom stereocenters. The number of carbonyl (C=O) groups excluding carboxylic acids is 1. The predicted molar refractivity (Wildman–Crippen MR) is 87.1 cm³/mol. The van der Waals surface area contributed by atoms with Crippen molar-refractivity contribution in [1.82, 2.24) is 5.32 Å². The summed E-state index contributed by atoms with van der Waals surface area (Å²) >= 11 is 7.80. The van der Waals surface area contributed by atoms with E-state index in [4.69, 9.17) is 16.7 Å². The number of allylic oxidation sites excluding steroid dienone is 1. The van der Waals surface area contributed by atoms with E-state index in [-0.39, 0.29) is 12.5 Å². The molecule has 0 aliphatic rings. The Labute approximate surface area is 129 Å². The van der Waals surface area contributed by atoms with E-state index in [2.05, 4.69) is 5.32 Å². The van der Waals surface area contributed by atoms with Crippen LogP contribution in [0.5, 0.6) is 0 Å². The van der Waals surface area contributed by atoms with Gasteiger partial charge in [0.25, 0.3) is 0 Å². The summed E-state index contributed by atoms with van der Waals surface area (Å²) in [7, 11) is 0. The van der Waals surface area contributed by atoms with E-state index in [1.165, 1.54) is 0 Å². The maximum absolute atomic E-state index is 11.7. The van der Waals surface area contributed by atoms with E-state index in [0.29, 0.717) is 11.6 Å². The number of thioether (sulfide) groups is 1. The summed E-state index contributed by atoms with van der Waals surface area (Å²) in [6, 6.07) is 7.47. The largest absolute Gasteiger partial charge is 0.396 e. The molecule has 2 N–H and O–H groups in total. The molecule has 110 valence electrons. The molecular formula is C15H20ClNO2S. The second-order valence-electron chi connectivity index (χ2n) is 4.29. The highest BCUT2D eigenvalue weighted by molar-refractivity contribution is 7.99. The molecule has 0 spiro atoms. The van der Waals surface area contributed by atoms with Crippen LogP contribution in [-0.2, 0) is 4.79 Å². The number of amides is 1.